The van der Waals surface area contributed by atoms with Gasteiger partial charge >= 0.3 is 0 Å². The number of nitrogens with one attached hydrogen (secondary N) is 1. The number of nitrogens with zero attached hydrogens (tertiary/aromatic N) is 2. The number of methoxy groups -OCH3 is 1. The molecule has 1 heterocycles. The third-order valence-electron chi connectivity index (χ3n) is 1.98. The van der Waals surface area contributed by atoms with Crippen LogP contribution in [0.5, 0.6) is 5.88 Å². The van der Waals surface area contributed by atoms with E-state index in [9.17, 15) is 0 Å². The first-order valence-corrected chi connectivity index (χ1v) is 4.49. The largest absolute Gasteiger partial charge is 0.481 e. The van der Waals surface area contributed by atoms with Crippen molar-refractivity contribution in [3.63, 3.8) is 0 Å². The number of anilines is 1. The molecule has 0 saturated carbocycles. The molecule has 0 atom stereocenters. The molecule has 0 aliphatic heterocycles. The fraction of sp³-hybridized carbons (Fsp3) is 0.556. The van der Waals surface area contributed by atoms with E-state index in [4.69, 9.17) is 14.9 Å². The molecule has 0 unspecified atom stereocenters. The first-order chi connectivity index (χ1) is 7.13. The molecule has 0 saturated heterocycles. The van der Waals surface area contributed by atoms with Gasteiger partial charge in [-0.1, -0.05) is 0 Å². The highest BCUT2D eigenvalue weighted by atomic mass is 16.5. The van der Waals surface area contributed by atoms with Gasteiger partial charge in [0, 0.05) is 6.07 Å². The average Bonchev–Trinajstić information content (AvgIpc) is 2.29. The first-order valence-electron chi connectivity index (χ1n) is 4.49. The lowest BCUT2D eigenvalue weighted by Gasteiger charge is -2.26. The van der Waals surface area contributed by atoms with Crippen LogP contribution in [-0.4, -0.2) is 46.0 Å². The second kappa shape index (κ2) is 4.90. The van der Waals surface area contributed by atoms with Crippen molar-refractivity contribution < 1.29 is 14.9 Å². The number of ether oxygens (including phenoxy) is 1. The van der Waals surface area contributed by atoms with Crippen LogP contribution in [0.3, 0.4) is 0 Å². The van der Waals surface area contributed by atoms with Crippen LogP contribution < -0.4 is 10.1 Å². The van der Waals surface area contributed by atoms with Crippen molar-refractivity contribution in [2.24, 2.45) is 0 Å². The van der Waals surface area contributed by atoms with E-state index in [0.29, 0.717) is 11.7 Å². The predicted octanol–water partition coefficient (Wildman–Crippen LogP) is -0.360. The van der Waals surface area contributed by atoms with Crippen molar-refractivity contribution in [2.45, 2.75) is 12.5 Å². The van der Waals surface area contributed by atoms with Gasteiger partial charge in [0.15, 0.2) is 0 Å². The monoisotopic (exact) mass is 213 g/mol. The van der Waals surface area contributed by atoms with Gasteiger partial charge in [-0.15, -0.1) is 0 Å². The van der Waals surface area contributed by atoms with Crippen LogP contribution in [0.15, 0.2) is 12.4 Å². The van der Waals surface area contributed by atoms with Crippen LogP contribution in [0, 0.1) is 0 Å². The highest BCUT2D eigenvalue weighted by molar-refractivity contribution is 5.39. The molecule has 0 radical (unpaired) electrons. The van der Waals surface area contributed by atoms with Crippen molar-refractivity contribution in [1.29, 1.82) is 0 Å². The molecule has 6 heteroatoms. The van der Waals surface area contributed by atoms with E-state index in [1.165, 1.54) is 13.4 Å². The maximum Gasteiger partial charge on any atom is 0.218 e. The van der Waals surface area contributed by atoms with Crippen molar-refractivity contribution in [3.05, 3.63) is 12.4 Å². The highest BCUT2D eigenvalue weighted by Gasteiger charge is 2.22. The lowest BCUT2D eigenvalue weighted by Crippen LogP contribution is -2.42. The topological polar surface area (TPSA) is 87.5 Å². The van der Waals surface area contributed by atoms with Crippen molar-refractivity contribution in [2.75, 3.05) is 25.6 Å². The fourth-order valence-corrected chi connectivity index (χ4v) is 0.958. The number of rotatable bonds is 5. The Bertz CT molecular complexity index is 315. The van der Waals surface area contributed by atoms with Gasteiger partial charge in [-0.05, 0) is 6.92 Å². The molecule has 1 rings (SSSR count). The lowest BCUT2D eigenvalue weighted by molar-refractivity contribution is 0.147. The number of aliphatic hydroxyl groups is 2. The molecule has 0 bridgehead atoms. The molecule has 0 spiro atoms. The molecule has 0 aliphatic carbocycles. The molecule has 0 aliphatic rings. The van der Waals surface area contributed by atoms with E-state index in [-0.39, 0.29) is 13.2 Å². The SMILES string of the molecule is COc1cc(NC(C)(CO)CO)ncn1. The van der Waals surface area contributed by atoms with E-state index in [1.807, 2.05) is 0 Å². The minimum absolute atomic E-state index is 0.199. The Balaban J connectivity index is 2.79. The third kappa shape index (κ3) is 3.03. The zero-order valence-electron chi connectivity index (χ0n) is 8.77. The minimum Gasteiger partial charge on any atom is -0.481 e. The fourth-order valence-electron chi connectivity index (χ4n) is 0.958. The summed E-state index contributed by atoms with van der Waals surface area (Å²) in [5.74, 6) is 0.915. The molecule has 0 amide bonds. The Kier molecular flexibility index (Phi) is 3.81. The minimum atomic E-state index is -0.806. The Labute approximate surface area is 87.9 Å². The summed E-state index contributed by atoms with van der Waals surface area (Å²) in [5.41, 5.74) is -0.806. The third-order valence-corrected chi connectivity index (χ3v) is 1.98. The smallest absolute Gasteiger partial charge is 0.218 e. The molecule has 1 aromatic rings. The molecule has 6 nitrogen and oxygen atoms in total. The Morgan fingerprint density at radius 3 is 2.60 bits per heavy atom. The van der Waals surface area contributed by atoms with E-state index in [2.05, 4.69) is 15.3 Å². The molecule has 0 fully saturated rings. The van der Waals surface area contributed by atoms with Crippen molar-refractivity contribution in [1.82, 2.24) is 9.97 Å². The molecule has 0 aromatic carbocycles. The van der Waals surface area contributed by atoms with Crippen LogP contribution in [0.2, 0.25) is 0 Å². The van der Waals surface area contributed by atoms with E-state index in [0.717, 1.165) is 0 Å². The number of aromatic nitrogens is 2. The quantitative estimate of drug-likeness (QED) is 0.619. The summed E-state index contributed by atoms with van der Waals surface area (Å²) in [7, 11) is 1.50. The standard InChI is InChI=1S/C9H15N3O3/c1-9(4-13,5-14)12-7-3-8(15-2)11-6-10-7/h3,6,13-14H,4-5H2,1-2H3,(H,10,11,12). The van der Waals surface area contributed by atoms with Crippen LogP contribution >= 0.6 is 0 Å². The van der Waals surface area contributed by atoms with E-state index >= 15 is 0 Å². The summed E-state index contributed by atoms with van der Waals surface area (Å²) in [6, 6.07) is 1.59. The summed E-state index contributed by atoms with van der Waals surface area (Å²) in [6.07, 6.45) is 1.34. The van der Waals surface area contributed by atoms with Crippen LogP contribution in [0.25, 0.3) is 0 Å². The van der Waals surface area contributed by atoms with Gasteiger partial charge in [0.25, 0.3) is 0 Å². The summed E-state index contributed by atoms with van der Waals surface area (Å²) in [6.45, 7) is 1.28. The average molecular weight is 213 g/mol. The van der Waals surface area contributed by atoms with Gasteiger partial charge in [-0.25, -0.2) is 9.97 Å². The Morgan fingerprint density at radius 1 is 1.40 bits per heavy atom. The van der Waals surface area contributed by atoms with Gasteiger partial charge in [-0.2, -0.15) is 0 Å². The predicted molar refractivity (Wildman–Crippen MR) is 54.8 cm³/mol. The van der Waals surface area contributed by atoms with Crippen LogP contribution in [-0.2, 0) is 0 Å². The highest BCUT2D eigenvalue weighted by Crippen LogP contribution is 2.15. The Hall–Kier alpha value is -1.40. The lowest BCUT2D eigenvalue weighted by atomic mass is 10.1. The summed E-state index contributed by atoms with van der Waals surface area (Å²) >= 11 is 0. The summed E-state index contributed by atoms with van der Waals surface area (Å²) in [5, 5.41) is 21.1. The van der Waals surface area contributed by atoms with E-state index in [1.54, 1.807) is 13.0 Å². The maximum absolute atomic E-state index is 9.08. The first kappa shape index (κ1) is 11.7. The normalized spacial score (nSPS) is 11.2. The molecule has 3 N–H and O–H groups in total. The van der Waals surface area contributed by atoms with Gasteiger partial charge < -0.3 is 20.3 Å². The Morgan fingerprint density at radius 2 is 2.07 bits per heavy atom. The summed E-state index contributed by atoms with van der Waals surface area (Å²) in [4.78, 5) is 7.79. The van der Waals surface area contributed by atoms with Gasteiger partial charge in [0.1, 0.15) is 12.1 Å². The zero-order chi connectivity index (χ0) is 11.3. The second-order valence-corrected chi connectivity index (χ2v) is 3.45. The summed E-state index contributed by atoms with van der Waals surface area (Å²) < 4.78 is 4.92. The molecule has 84 valence electrons. The van der Waals surface area contributed by atoms with Gasteiger partial charge in [0.05, 0.1) is 25.9 Å². The molecular formula is C9H15N3O3. The van der Waals surface area contributed by atoms with Crippen LogP contribution in [0.1, 0.15) is 6.92 Å². The van der Waals surface area contributed by atoms with E-state index < -0.39 is 5.54 Å². The number of aliphatic hydroxyl groups excluding tert-OH is 2. The molecular weight excluding hydrogens is 198 g/mol. The van der Waals surface area contributed by atoms with Crippen molar-refractivity contribution in [3.8, 4) is 5.88 Å². The maximum atomic E-state index is 9.08. The molecule has 15 heavy (non-hydrogen) atoms. The van der Waals surface area contributed by atoms with Crippen molar-refractivity contribution >= 4 is 5.82 Å². The van der Waals surface area contributed by atoms with Gasteiger partial charge in [-0.3, -0.25) is 0 Å². The molecule has 1 aromatic heterocycles. The number of hydrogen-bond acceptors (Lipinski definition) is 6. The number of hydrogen-bond donors (Lipinski definition) is 3. The zero-order valence-corrected chi connectivity index (χ0v) is 8.77. The second-order valence-electron chi connectivity index (χ2n) is 3.45. The van der Waals surface area contributed by atoms with Gasteiger partial charge in [0.2, 0.25) is 5.88 Å². The van der Waals surface area contributed by atoms with Crippen LogP contribution in [0.4, 0.5) is 5.82 Å².